The average Bonchev–Trinajstić information content (AvgIpc) is 3.04. The molecule has 0 radical (unpaired) electrons. The molecule has 4 amide bonds. The van der Waals surface area contributed by atoms with Crippen molar-refractivity contribution in [1.82, 2.24) is 20.2 Å². The van der Waals surface area contributed by atoms with Gasteiger partial charge in [-0.25, -0.2) is 4.98 Å². The molecular formula is C19H17N5O5. The molecular weight excluding hydrogens is 378 g/mol. The Morgan fingerprint density at radius 2 is 2.10 bits per heavy atom. The topological polar surface area (TPSA) is 131 Å². The van der Waals surface area contributed by atoms with E-state index in [1.807, 2.05) is 0 Å². The first-order valence-electron chi connectivity index (χ1n) is 8.92. The van der Waals surface area contributed by atoms with Crippen molar-refractivity contribution in [2.24, 2.45) is 0 Å². The predicted octanol–water partition coefficient (Wildman–Crippen LogP) is 0.498. The summed E-state index contributed by atoms with van der Waals surface area (Å²) in [6.45, 7) is 0.197. The van der Waals surface area contributed by atoms with Crippen LogP contribution in [-0.4, -0.2) is 51.6 Å². The summed E-state index contributed by atoms with van der Waals surface area (Å²) in [6, 6.07) is 5.69. The molecule has 3 heterocycles. The molecule has 0 saturated carbocycles. The van der Waals surface area contributed by atoms with Crippen LogP contribution in [0.25, 0.3) is 0 Å². The Kier molecular flexibility index (Phi) is 4.67. The summed E-state index contributed by atoms with van der Waals surface area (Å²) in [5, 5.41) is 4.91. The summed E-state index contributed by atoms with van der Waals surface area (Å²) in [4.78, 5) is 58.0. The fourth-order valence-electron chi connectivity index (χ4n) is 3.41. The number of hydrogen-bond donors (Lipinski definition) is 2. The molecule has 1 saturated heterocycles. The largest absolute Gasteiger partial charge is 0.467 e. The number of amides is 4. The SMILES string of the molecule is COc1nccc(NC(=O)c2ccc3c(c2)CN(C2CCC(=O)NC2=O)C3=O)n1. The number of piperidine rings is 1. The van der Waals surface area contributed by atoms with Gasteiger partial charge in [-0.2, -0.15) is 4.98 Å². The Bertz CT molecular complexity index is 1040. The zero-order valence-corrected chi connectivity index (χ0v) is 15.5. The van der Waals surface area contributed by atoms with E-state index in [-0.39, 0.29) is 43.0 Å². The number of benzene rings is 1. The molecule has 2 aliphatic rings. The van der Waals surface area contributed by atoms with Crippen molar-refractivity contribution in [2.45, 2.75) is 25.4 Å². The monoisotopic (exact) mass is 395 g/mol. The number of hydrogen-bond acceptors (Lipinski definition) is 7. The number of carbonyl (C=O) groups is 4. The second-order valence-corrected chi connectivity index (χ2v) is 6.65. The molecule has 1 atom stereocenters. The third-order valence-corrected chi connectivity index (χ3v) is 4.84. The maximum atomic E-state index is 12.7. The van der Waals surface area contributed by atoms with Crippen LogP contribution in [0.15, 0.2) is 30.5 Å². The Hall–Kier alpha value is -3.82. The van der Waals surface area contributed by atoms with Crippen LogP contribution in [-0.2, 0) is 16.1 Å². The van der Waals surface area contributed by atoms with Crippen LogP contribution in [0.3, 0.4) is 0 Å². The average molecular weight is 395 g/mol. The molecule has 2 N–H and O–H groups in total. The van der Waals surface area contributed by atoms with Gasteiger partial charge in [0.1, 0.15) is 11.9 Å². The van der Waals surface area contributed by atoms with Gasteiger partial charge in [0, 0.05) is 30.3 Å². The standard InChI is InChI=1S/C19H17N5O5/c1-29-19-20-7-6-14(22-19)21-16(26)10-2-3-12-11(8-10)9-24(18(12)28)13-4-5-15(25)23-17(13)27/h2-3,6-8,13H,4-5,9H2,1H3,(H,23,25,27)(H,20,21,22,26). The van der Waals surface area contributed by atoms with E-state index in [2.05, 4.69) is 20.6 Å². The van der Waals surface area contributed by atoms with E-state index in [4.69, 9.17) is 4.74 Å². The lowest BCUT2D eigenvalue weighted by Crippen LogP contribution is -2.52. The number of rotatable bonds is 4. The molecule has 29 heavy (non-hydrogen) atoms. The first-order valence-corrected chi connectivity index (χ1v) is 8.92. The Morgan fingerprint density at radius 1 is 1.28 bits per heavy atom. The van der Waals surface area contributed by atoms with Gasteiger partial charge in [0.2, 0.25) is 11.8 Å². The quantitative estimate of drug-likeness (QED) is 0.721. The summed E-state index contributed by atoms with van der Waals surface area (Å²) in [7, 11) is 1.42. The van der Waals surface area contributed by atoms with Gasteiger partial charge < -0.3 is 15.0 Å². The highest BCUT2D eigenvalue weighted by molar-refractivity contribution is 6.07. The molecule has 1 aromatic heterocycles. The molecule has 1 fully saturated rings. The molecule has 2 aliphatic heterocycles. The van der Waals surface area contributed by atoms with Crippen molar-refractivity contribution in [2.75, 3.05) is 12.4 Å². The highest BCUT2D eigenvalue weighted by atomic mass is 16.5. The minimum Gasteiger partial charge on any atom is -0.467 e. The third kappa shape index (κ3) is 3.51. The number of imide groups is 1. The van der Waals surface area contributed by atoms with E-state index in [1.165, 1.54) is 24.3 Å². The van der Waals surface area contributed by atoms with E-state index >= 15 is 0 Å². The zero-order chi connectivity index (χ0) is 20.5. The number of ether oxygens (including phenoxy) is 1. The summed E-state index contributed by atoms with van der Waals surface area (Å²) in [5.74, 6) is -1.22. The van der Waals surface area contributed by atoms with Crippen molar-refractivity contribution < 1.29 is 23.9 Å². The molecule has 1 unspecified atom stereocenters. The minimum atomic E-state index is -0.696. The molecule has 4 rings (SSSR count). The van der Waals surface area contributed by atoms with Crippen LogP contribution in [0.5, 0.6) is 6.01 Å². The van der Waals surface area contributed by atoms with Crippen LogP contribution < -0.4 is 15.4 Å². The lowest BCUT2D eigenvalue weighted by molar-refractivity contribution is -0.136. The van der Waals surface area contributed by atoms with Gasteiger partial charge in [-0.05, 0) is 36.2 Å². The van der Waals surface area contributed by atoms with Crippen LogP contribution in [0.2, 0.25) is 0 Å². The van der Waals surface area contributed by atoms with E-state index in [0.717, 1.165) is 0 Å². The predicted molar refractivity (Wildman–Crippen MR) is 99.0 cm³/mol. The third-order valence-electron chi connectivity index (χ3n) is 4.84. The van der Waals surface area contributed by atoms with Crippen molar-refractivity contribution >= 4 is 29.4 Å². The molecule has 1 aromatic carbocycles. The maximum absolute atomic E-state index is 12.7. The zero-order valence-electron chi connectivity index (χ0n) is 15.5. The number of anilines is 1. The van der Waals surface area contributed by atoms with Gasteiger partial charge in [-0.1, -0.05) is 0 Å². The number of nitrogens with zero attached hydrogens (tertiary/aromatic N) is 3. The summed E-state index contributed by atoms with van der Waals surface area (Å²) in [5.41, 5.74) is 1.43. The van der Waals surface area contributed by atoms with Crippen molar-refractivity contribution in [3.8, 4) is 6.01 Å². The summed E-state index contributed by atoms with van der Waals surface area (Å²) < 4.78 is 4.93. The summed E-state index contributed by atoms with van der Waals surface area (Å²) in [6.07, 6.45) is 1.93. The van der Waals surface area contributed by atoms with E-state index in [1.54, 1.807) is 18.2 Å². The Morgan fingerprint density at radius 3 is 2.86 bits per heavy atom. The number of aromatic nitrogens is 2. The van der Waals surface area contributed by atoms with Crippen molar-refractivity contribution in [3.63, 3.8) is 0 Å². The van der Waals surface area contributed by atoms with Gasteiger partial charge in [-0.15, -0.1) is 0 Å². The number of methoxy groups -OCH3 is 1. The molecule has 10 nitrogen and oxygen atoms in total. The van der Waals surface area contributed by atoms with Crippen LogP contribution >= 0.6 is 0 Å². The fourth-order valence-corrected chi connectivity index (χ4v) is 3.41. The molecule has 2 aromatic rings. The molecule has 0 spiro atoms. The van der Waals surface area contributed by atoms with Crippen molar-refractivity contribution in [3.05, 3.63) is 47.2 Å². The number of carbonyl (C=O) groups excluding carboxylic acids is 4. The van der Waals surface area contributed by atoms with Gasteiger partial charge in [0.15, 0.2) is 0 Å². The highest BCUT2D eigenvalue weighted by Crippen LogP contribution is 2.28. The van der Waals surface area contributed by atoms with Gasteiger partial charge in [-0.3, -0.25) is 24.5 Å². The normalized spacial score (nSPS) is 18.3. The fraction of sp³-hybridized carbons (Fsp3) is 0.263. The number of nitrogens with one attached hydrogen (secondary N) is 2. The molecule has 0 bridgehead atoms. The molecule has 0 aliphatic carbocycles. The smallest absolute Gasteiger partial charge is 0.318 e. The first-order chi connectivity index (χ1) is 14.0. The second-order valence-electron chi connectivity index (χ2n) is 6.65. The lowest BCUT2D eigenvalue weighted by Gasteiger charge is -2.29. The Balaban J connectivity index is 1.51. The van der Waals surface area contributed by atoms with E-state index < -0.39 is 17.9 Å². The first kappa shape index (κ1) is 18.5. The second kappa shape index (κ2) is 7.30. The van der Waals surface area contributed by atoms with E-state index in [9.17, 15) is 19.2 Å². The van der Waals surface area contributed by atoms with E-state index in [0.29, 0.717) is 16.7 Å². The molecule has 10 heteroatoms. The molecule has 148 valence electrons. The highest BCUT2D eigenvalue weighted by Gasteiger charge is 2.39. The van der Waals surface area contributed by atoms with Crippen LogP contribution in [0.1, 0.15) is 39.1 Å². The lowest BCUT2D eigenvalue weighted by atomic mass is 10.0. The Labute approximate surface area is 165 Å². The van der Waals surface area contributed by atoms with Gasteiger partial charge >= 0.3 is 6.01 Å². The van der Waals surface area contributed by atoms with Crippen LogP contribution in [0.4, 0.5) is 5.82 Å². The maximum Gasteiger partial charge on any atom is 0.318 e. The van der Waals surface area contributed by atoms with Crippen LogP contribution in [0, 0.1) is 0 Å². The van der Waals surface area contributed by atoms with Crippen molar-refractivity contribution in [1.29, 1.82) is 0 Å². The number of fused-ring (bicyclic) bond motifs is 1. The minimum absolute atomic E-state index is 0.127. The summed E-state index contributed by atoms with van der Waals surface area (Å²) >= 11 is 0. The van der Waals surface area contributed by atoms with Gasteiger partial charge in [0.25, 0.3) is 11.8 Å². The van der Waals surface area contributed by atoms with Gasteiger partial charge in [0.05, 0.1) is 7.11 Å².